The summed E-state index contributed by atoms with van der Waals surface area (Å²) in [6.45, 7) is 6.10. The van der Waals surface area contributed by atoms with Gasteiger partial charge in [-0.2, -0.15) is 0 Å². The van der Waals surface area contributed by atoms with E-state index in [4.69, 9.17) is 0 Å². The first-order valence-corrected chi connectivity index (χ1v) is 5.07. The van der Waals surface area contributed by atoms with Crippen LogP contribution >= 0.6 is 0 Å². The van der Waals surface area contributed by atoms with E-state index >= 15 is 0 Å². The fourth-order valence-electron chi connectivity index (χ4n) is 1.12. The summed E-state index contributed by atoms with van der Waals surface area (Å²) in [7, 11) is 0. The van der Waals surface area contributed by atoms with Crippen LogP contribution in [0.2, 0.25) is 0 Å². The molecule has 0 saturated carbocycles. The lowest BCUT2D eigenvalue weighted by Gasteiger charge is -2.06. The first-order chi connectivity index (χ1) is 6.99. The van der Waals surface area contributed by atoms with Gasteiger partial charge in [-0.05, 0) is 20.8 Å². The van der Waals surface area contributed by atoms with E-state index in [-0.39, 0.29) is 11.2 Å². The van der Waals surface area contributed by atoms with Crippen molar-refractivity contribution in [1.29, 1.82) is 0 Å². The minimum atomic E-state index is -0.0308. The molecule has 0 heterocycles. The Morgan fingerprint density at radius 1 is 1.20 bits per heavy atom. The molecule has 0 amide bonds. The summed E-state index contributed by atoms with van der Waals surface area (Å²) in [4.78, 5) is 11.6. The SMILES string of the molecule is CC(C)(C)C#CCC(=O)c1ccccc1. The summed E-state index contributed by atoms with van der Waals surface area (Å²) in [6.07, 6.45) is 0.307. The lowest BCUT2D eigenvalue weighted by molar-refractivity contribution is 0.0998. The van der Waals surface area contributed by atoms with Crippen LogP contribution < -0.4 is 0 Å². The Morgan fingerprint density at radius 2 is 1.80 bits per heavy atom. The number of hydrogen-bond acceptors (Lipinski definition) is 1. The van der Waals surface area contributed by atoms with E-state index in [0.717, 1.165) is 5.56 Å². The number of benzene rings is 1. The monoisotopic (exact) mass is 200 g/mol. The fourth-order valence-corrected chi connectivity index (χ4v) is 1.12. The zero-order valence-corrected chi connectivity index (χ0v) is 9.50. The number of carbonyl (C=O) groups is 1. The number of rotatable bonds is 2. The second kappa shape index (κ2) is 4.79. The van der Waals surface area contributed by atoms with Gasteiger partial charge in [0.1, 0.15) is 0 Å². The molecule has 78 valence electrons. The average molecular weight is 200 g/mol. The Morgan fingerprint density at radius 3 is 2.33 bits per heavy atom. The van der Waals surface area contributed by atoms with E-state index in [1.54, 1.807) is 0 Å². The highest BCUT2D eigenvalue weighted by Crippen LogP contribution is 2.10. The Kier molecular flexibility index (Phi) is 3.68. The first-order valence-electron chi connectivity index (χ1n) is 5.07. The fraction of sp³-hybridized carbons (Fsp3) is 0.357. The van der Waals surface area contributed by atoms with E-state index in [9.17, 15) is 4.79 Å². The van der Waals surface area contributed by atoms with Crippen LogP contribution in [-0.4, -0.2) is 5.78 Å². The topological polar surface area (TPSA) is 17.1 Å². The molecule has 15 heavy (non-hydrogen) atoms. The van der Waals surface area contributed by atoms with Crippen LogP contribution in [0.15, 0.2) is 30.3 Å². The lowest BCUT2D eigenvalue weighted by Crippen LogP contribution is -2.01. The van der Waals surface area contributed by atoms with E-state index in [0.29, 0.717) is 6.42 Å². The molecule has 0 saturated heterocycles. The van der Waals surface area contributed by atoms with Crippen molar-refractivity contribution < 1.29 is 4.79 Å². The zero-order valence-electron chi connectivity index (χ0n) is 9.50. The Bertz CT molecular complexity index is 385. The molecule has 0 aliphatic carbocycles. The molecule has 0 bridgehead atoms. The van der Waals surface area contributed by atoms with Gasteiger partial charge >= 0.3 is 0 Å². The number of carbonyl (C=O) groups excluding carboxylic acids is 1. The largest absolute Gasteiger partial charge is 0.293 e. The number of Topliss-reactive ketones (excluding diaryl/α,β-unsaturated/α-hetero) is 1. The van der Waals surface area contributed by atoms with Crippen molar-refractivity contribution >= 4 is 5.78 Å². The minimum absolute atomic E-state index is 0.0308. The smallest absolute Gasteiger partial charge is 0.174 e. The third-order valence-corrected chi connectivity index (χ3v) is 1.81. The van der Waals surface area contributed by atoms with Crippen molar-refractivity contribution in [3.05, 3.63) is 35.9 Å². The second-order valence-electron chi connectivity index (χ2n) is 4.52. The van der Waals surface area contributed by atoms with Crippen LogP contribution in [0.4, 0.5) is 0 Å². The van der Waals surface area contributed by atoms with Gasteiger partial charge in [0.15, 0.2) is 5.78 Å². The van der Waals surface area contributed by atoms with Crippen molar-refractivity contribution in [3.8, 4) is 11.8 Å². The van der Waals surface area contributed by atoms with Crippen molar-refractivity contribution in [2.45, 2.75) is 27.2 Å². The van der Waals surface area contributed by atoms with Gasteiger partial charge in [0.25, 0.3) is 0 Å². The summed E-state index contributed by atoms with van der Waals surface area (Å²) in [5.41, 5.74) is 0.706. The minimum Gasteiger partial charge on any atom is -0.293 e. The van der Waals surface area contributed by atoms with E-state index in [1.165, 1.54) is 0 Å². The zero-order chi connectivity index (χ0) is 11.3. The third-order valence-electron chi connectivity index (χ3n) is 1.81. The molecule has 0 radical (unpaired) electrons. The molecule has 1 nitrogen and oxygen atoms in total. The second-order valence-corrected chi connectivity index (χ2v) is 4.52. The number of ketones is 1. The molecule has 0 spiro atoms. The highest BCUT2D eigenvalue weighted by atomic mass is 16.1. The summed E-state index contributed by atoms with van der Waals surface area (Å²) in [5, 5.41) is 0. The van der Waals surface area contributed by atoms with Crippen LogP contribution in [0.5, 0.6) is 0 Å². The maximum atomic E-state index is 11.6. The van der Waals surface area contributed by atoms with Gasteiger partial charge in [-0.15, -0.1) is 0 Å². The molecule has 0 aliphatic heterocycles. The van der Waals surface area contributed by atoms with Crippen molar-refractivity contribution in [2.75, 3.05) is 0 Å². The average Bonchev–Trinajstić information content (AvgIpc) is 2.17. The molecule has 0 aromatic heterocycles. The molecule has 0 unspecified atom stereocenters. The first kappa shape index (κ1) is 11.5. The molecule has 0 fully saturated rings. The highest BCUT2D eigenvalue weighted by Gasteiger charge is 2.05. The molecule has 1 heteroatoms. The summed E-state index contributed by atoms with van der Waals surface area (Å²) >= 11 is 0. The van der Waals surface area contributed by atoms with Gasteiger partial charge in [0.2, 0.25) is 0 Å². The van der Waals surface area contributed by atoms with E-state index in [1.807, 2.05) is 51.1 Å². The molecule has 1 aromatic rings. The summed E-state index contributed by atoms with van der Waals surface area (Å²) < 4.78 is 0. The van der Waals surface area contributed by atoms with Gasteiger partial charge < -0.3 is 0 Å². The standard InChI is InChI=1S/C14H16O/c1-14(2,3)11-7-10-13(15)12-8-5-4-6-9-12/h4-6,8-9H,10H2,1-3H3. The van der Waals surface area contributed by atoms with Crippen molar-refractivity contribution in [2.24, 2.45) is 5.41 Å². The Balaban J connectivity index is 2.61. The molecule has 0 atom stereocenters. The molecule has 1 rings (SSSR count). The van der Waals surface area contributed by atoms with Crippen LogP contribution in [0.3, 0.4) is 0 Å². The summed E-state index contributed by atoms with van der Waals surface area (Å²) in [6, 6.07) is 9.27. The predicted octanol–water partition coefficient (Wildman–Crippen LogP) is 3.31. The molecular formula is C14H16O. The van der Waals surface area contributed by atoms with Crippen LogP contribution in [0.1, 0.15) is 37.6 Å². The van der Waals surface area contributed by atoms with Crippen molar-refractivity contribution in [3.63, 3.8) is 0 Å². The van der Waals surface area contributed by atoms with E-state index in [2.05, 4.69) is 11.8 Å². The van der Waals surface area contributed by atoms with Crippen LogP contribution in [-0.2, 0) is 0 Å². The normalized spacial score (nSPS) is 10.3. The maximum absolute atomic E-state index is 11.6. The Hall–Kier alpha value is -1.55. The molecule has 1 aromatic carbocycles. The predicted molar refractivity (Wildman–Crippen MR) is 62.6 cm³/mol. The van der Waals surface area contributed by atoms with Crippen LogP contribution in [0, 0.1) is 17.3 Å². The highest BCUT2D eigenvalue weighted by molar-refractivity contribution is 5.97. The van der Waals surface area contributed by atoms with E-state index < -0.39 is 0 Å². The van der Waals surface area contributed by atoms with Gasteiger partial charge in [-0.25, -0.2) is 0 Å². The van der Waals surface area contributed by atoms with Crippen molar-refractivity contribution in [1.82, 2.24) is 0 Å². The van der Waals surface area contributed by atoms with Gasteiger partial charge in [0.05, 0.1) is 6.42 Å². The van der Waals surface area contributed by atoms with Crippen LogP contribution in [0.25, 0.3) is 0 Å². The number of hydrogen-bond donors (Lipinski definition) is 0. The Labute approximate surface area is 91.5 Å². The lowest BCUT2D eigenvalue weighted by atomic mass is 9.97. The molecule has 0 aliphatic rings. The maximum Gasteiger partial charge on any atom is 0.174 e. The third kappa shape index (κ3) is 4.46. The molecule has 0 N–H and O–H groups in total. The van der Waals surface area contributed by atoms with Gasteiger partial charge in [0, 0.05) is 11.0 Å². The van der Waals surface area contributed by atoms with Gasteiger partial charge in [-0.3, -0.25) is 4.79 Å². The van der Waals surface area contributed by atoms with Gasteiger partial charge in [-0.1, -0.05) is 42.2 Å². The molecular weight excluding hydrogens is 184 g/mol. The quantitative estimate of drug-likeness (QED) is 0.528. The summed E-state index contributed by atoms with van der Waals surface area (Å²) in [5.74, 6) is 6.07.